The molecule has 144 valence electrons. The number of aryl methyl sites for hydroxylation is 2. The number of carbonyl (C=O) groups excluding carboxylic acids is 1. The van der Waals surface area contributed by atoms with Gasteiger partial charge in [-0.3, -0.25) is 4.79 Å². The van der Waals surface area contributed by atoms with Crippen molar-refractivity contribution < 1.29 is 9.53 Å². The summed E-state index contributed by atoms with van der Waals surface area (Å²) in [7, 11) is 1.61. The lowest BCUT2D eigenvalue weighted by Gasteiger charge is -2.13. The maximum absolute atomic E-state index is 12.4. The molecule has 0 radical (unpaired) electrons. The standard InChI is InChI=1S/C22H24N4O2/c1-4-16-10-7-8-15(2)21(16)26-20-14-23-18(13-24-20)22(27)25-12-17-9-5-6-11-19(17)28-3/h5-11,13-14H,4,12H2,1-3H3,(H,24,26)(H,25,27). The molecule has 2 N–H and O–H groups in total. The quantitative estimate of drug-likeness (QED) is 0.651. The van der Waals surface area contributed by atoms with Crippen LogP contribution in [-0.4, -0.2) is 23.0 Å². The predicted octanol–water partition coefficient (Wildman–Crippen LogP) is 4.03. The largest absolute Gasteiger partial charge is 0.496 e. The van der Waals surface area contributed by atoms with Crippen molar-refractivity contribution in [2.24, 2.45) is 0 Å². The Hall–Kier alpha value is -3.41. The van der Waals surface area contributed by atoms with Crippen molar-refractivity contribution in [2.75, 3.05) is 12.4 Å². The Morgan fingerprint density at radius 2 is 1.82 bits per heavy atom. The Labute approximate surface area is 165 Å². The van der Waals surface area contributed by atoms with E-state index in [0.29, 0.717) is 12.4 Å². The fourth-order valence-corrected chi connectivity index (χ4v) is 2.96. The van der Waals surface area contributed by atoms with Gasteiger partial charge in [0, 0.05) is 17.8 Å². The maximum Gasteiger partial charge on any atom is 0.271 e. The minimum absolute atomic E-state index is 0.265. The van der Waals surface area contributed by atoms with Gasteiger partial charge in [0.25, 0.3) is 5.91 Å². The molecule has 3 aromatic rings. The molecule has 1 heterocycles. The average Bonchev–Trinajstić information content (AvgIpc) is 2.74. The zero-order valence-corrected chi connectivity index (χ0v) is 16.3. The van der Waals surface area contributed by atoms with Crippen LogP contribution < -0.4 is 15.4 Å². The Morgan fingerprint density at radius 1 is 1.04 bits per heavy atom. The van der Waals surface area contributed by atoms with Crippen LogP contribution in [0.5, 0.6) is 5.75 Å². The Kier molecular flexibility index (Phi) is 6.22. The van der Waals surface area contributed by atoms with Gasteiger partial charge >= 0.3 is 0 Å². The van der Waals surface area contributed by atoms with Gasteiger partial charge in [0.2, 0.25) is 0 Å². The molecule has 0 aliphatic carbocycles. The van der Waals surface area contributed by atoms with Crippen LogP contribution in [0.15, 0.2) is 54.9 Å². The Morgan fingerprint density at radius 3 is 2.54 bits per heavy atom. The van der Waals surface area contributed by atoms with E-state index in [-0.39, 0.29) is 11.6 Å². The maximum atomic E-state index is 12.4. The molecule has 0 atom stereocenters. The average molecular weight is 376 g/mol. The molecule has 0 bridgehead atoms. The minimum Gasteiger partial charge on any atom is -0.496 e. The second-order valence-corrected chi connectivity index (χ2v) is 6.37. The van der Waals surface area contributed by atoms with Crippen LogP contribution in [0.25, 0.3) is 0 Å². The number of aromatic nitrogens is 2. The topological polar surface area (TPSA) is 76.1 Å². The van der Waals surface area contributed by atoms with Gasteiger partial charge in [0.1, 0.15) is 17.3 Å². The van der Waals surface area contributed by atoms with E-state index in [1.165, 1.54) is 11.8 Å². The minimum atomic E-state index is -0.282. The van der Waals surface area contributed by atoms with E-state index in [9.17, 15) is 4.79 Å². The van der Waals surface area contributed by atoms with Gasteiger partial charge < -0.3 is 15.4 Å². The van der Waals surface area contributed by atoms with Crippen molar-refractivity contribution >= 4 is 17.4 Å². The number of hydrogen-bond donors (Lipinski definition) is 2. The van der Waals surface area contributed by atoms with Crippen molar-refractivity contribution in [1.29, 1.82) is 0 Å². The second-order valence-electron chi connectivity index (χ2n) is 6.37. The van der Waals surface area contributed by atoms with Crippen LogP contribution >= 0.6 is 0 Å². The molecule has 0 spiro atoms. The lowest BCUT2D eigenvalue weighted by molar-refractivity contribution is 0.0945. The number of ether oxygens (including phenoxy) is 1. The number of carbonyl (C=O) groups is 1. The first-order valence-corrected chi connectivity index (χ1v) is 9.20. The summed E-state index contributed by atoms with van der Waals surface area (Å²) in [6, 6.07) is 13.7. The number of anilines is 2. The summed E-state index contributed by atoms with van der Waals surface area (Å²) in [4.78, 5) is 21.0. The summed E-state index contributed by atoms with van der Waals surface area (Å²) in [6.07, 6.45) is 3.97. The van der Waals surface area contributed by atoms with Crippen LogP contribution in [-0.2, 0) is 13.0 Å². The molecule has 0 saturated carbocycles. The van der Waals surface area contributed by atoms with Gasteiger partial charge in [0.05, 0.1) is 19.5 Å². The Balaban J connectivity index is 1.66. The summed E-state index contributed by atoms with van der Waals surface area (Å²) < 4.78 is 5.30. The van der Waals surface area contributed by atoms with Gasteiger partial charge in [-0.15, -0.1) is 0 Å². The zero-order chi connectivity index (χ0) is 19.9. The SMILES string of the molecule is CCc1cccc(C)c1Nc1cnc(C(=O)NCc2ccccc2OC)cn1. The van der Waals surface area contributed by atoms with Gasteiger partial charge in [-0.25, -0.2) is 9.97 Å². The van der Waals surface area contributed by atoms with E-state index >= 15 is 0 Å². The van der Waals surface area contributed by atoms with E-state index in [1.54, 1.807) is 13.3 Å². The van der Waals surface area contributed by atoms with Crippen molar-refractivity contribution in [1.82, 2.24) is 15.3 Å². The van der Waals surface area contributed by atoms with E-state index in [4.69, 9.17) is 4.74 Å². The highest BCUT2D eigenvalue weighted by Gasteiger charge is 2.11. The highest BCUT2D eigenvalue weighted by molar-refractivity contribution is 5.92. The number of nitrogens with one attached hydrogen (secondary N) is 2. The molecule has 1 aromatic heterocycles. The third kappa shape index (κ3) is 4.46. The van der Waals surface area contributed by atoms with E-state index < -0.39 is 0 Å². The summed E-state index contributed by atoms with van der Waals surface area (Å²) in [5.74, 6) is 1.05. The molecule has 3 rings (SSSR count). The molecule has 0 fully saturated rings. The fraction of sp³-hybridized carbons (Fsp3) is 0.227. The normalized spacial score (nSPS) is 10.4. The van der Waals surface area contributed by atoms with Gasteiger partial charge in [-0.05, 0) is 30.5 Å². The van der Waals surface area contributed by atoms with Crippen LogP contribution in [0.4, 0.5) is 11.5 Å². The first kappa shape index (κ1) is 19.4. The van der Waals surface area contributed by atoms with Crippen molar-refractivity contribution in [2.45, 2.75) is 26.8 Å². The van der Waals surface area contributed by atoms with Crippen LogP contribution in [0.1, 0.15) is 34.1 Å². The number of rotatable bonds is 7. The molecule has 0 saturated heterocycles. The molecule has 1 amide bonds. The van der Waals surface area contributed by atoms with Crippen molar-refractivity contribution in [3.05, 3.63) is 77.2 Å². The van der Waals surface area contributed by atoms with E-state index in [1.807, 2.05) is 30.3 Å². The summed E-state index contributed by atoms with van der Waals surface area (Å²) in [5.41, 5.74) is 4.55. The monoisotopic (exact) mass is 376 g/mol. The number of nitrogens with zero attached hydrogens (tertiary/aromatic N) is 2. The number of amides is 1. The number of methoxy groups -OCH3 is 1. The molecular weight excluding hydrogens is 352 g/mol. The van der Waals surface area contributed by atoms with E-state index in [2.05, 4.69) is 46.6 Å². The first-order chi connectivity index (χ1) is 13.6. The van der Waals surface area contributed by atoms with Gasteiger partial charge in [-0.2, -0.15) is 0 Å². The Bertz CT molecular complexity index is 955. The molecule has 6 heteroatoms. The molecule has 2 aromatic carbocycles. The molecule has 0 unspecified atom stereocenters. The molecule has 6 nitrogen and oxygen atoms in total. The zero-order valence-electron chi connectivity index (χ0n) is 16.3. The van der Waals surface area contributed by atoms with Gasteiger partial charge in [-0.1, -0.05) is 43.3 Å². The molecular formula is C22H24N4O2. The highest BCUT2D eigenvalue weighted by Crippen LogP contribution is 2.24. The molecule has 0 aliphatic heterocycles. The van der Waals surface area contributed by atoms with E-state index in [0.717, 1.165) is 29.0 Å². The number of benzene rings is 2. The first-order valence-electron chi connectivity index (χ1n) is 9.20. The van der Waals surface area contributed by atoms with Crippen molar-refractivity contribution in [3.63, 3.8) is 0 Å². The third-order valence-electron chi connectivity index (χ3n) is 4.51. The predicted molar refractivity (Wildman–Crippen MR) is 110 cm³/mol. The highest BCUT2D eigenvalue weighted by atomic mass is 16.5. The molecule has 28 heavy (non-hydrogen) atoms. The smallest absolute Gasteiger partial charge is 0.271 e. The van der Waals surface area contributed by atoms with Crippen LogP contribution in [0.2, 0.25) is 0 Å². The van der Waals surface area contributed by atoms with Crippen LogP contribution in [0, 0.1) is 6.92 Å². The third-order valence-corrected chi connectivity index (χ3v) is 4.51. The number of para-hydroxylation sites is 2. The summed E-state index contributed by atoms with van der Waals surface area (Å²) in [5, 5.41) is 6.15. The summed E-state index contributed by atoms with van der Waals surface area (Å²) >= 11 is 0. The second kappa shape index (κ2) is 8.99. The van der Waals surface area contributed by atoms with Crippen LogP contribution in [0.3, 0.4) is 0 Å². The van der Waals surface area contributed by atoms with Crippen molar-refractivity contribution in [3.8, 4) is 5.75 Å². The fourth-order valence-electron chi connectivity index (χ4n) is 2.96. The van der Waals surface area contributed by atoms with Gasteiger partial charge in [0.15, 0.2) is 0 Å². The number of hydrogen-bond acceptors (Lipinski definition) is 5. The molecule has 0 aliphatic rings. The lowest BCUT2D eigenvalue weighted by atomic mass is 10.1. The summed E-state index contributed by atoms with van der Waals surface area (Å²) in [6.45, 7) is 4.52. The lowest BCUT2D eigenvalue weighted by Crippen LogP contribution is -2.24.